The first-order valence-corrected chi connectivity index (χ1v) is 10.1. The van der Waals surface area contributed by atoms with Crippen LogP contribution in [0.25, 0.3) is 0 Å². The highest BCUT2D eigenvalue weighted by molar-refractivity contribution is 7.11. The topological polar surface area (TPSA) is 30.9 Å². The molecule has 0 saturated carbocycles. The maximum absolute atomic E-state index is 6.20. The fraction of sp³-hybridized carbons (Fsp3) is 0.789. The van der Waals surface area contributed by atoms with Crippen molar-refractivity contribution < 1.29 is 14.2 Å². The Hall–Kier alpha value is -0.460. The Kier molecular flexibility index (Phi) is 5.25. The standard InChI is InChI=1S/C19H29NO3S/c1-15-2-3-18(24-15)9-20-8-17-11-23-14-19(17,12-20)13-22-10-16-4-6-21-7-5-16/h2-3,16-17H,4-14H2,1H3/t17-,19-/m1/s1. The number of fused-ring (bicyclic) bond motifs is 1. The molecule has 1 aromatic rings. The van der Waals surface area contributed by atoms with Crippen LogP contribution in [0.2, 0.25) is 0 Å². The zero-order valence-corrected chi connectivity index (χ0v) is 15.5. The molecule has 3 fully saturated rings. The van der Waals surface area contributed by atoms with Crippen molar-refractivity contribution in [1.29, 1.82) is 0 Å². The van der Waals surface area contributed by atoms with Crippen molar-refractivity contribution in [2.24, 2.45) is 17.3 Å². The lowest BCUT2D eigenvalue weighted by Crippen LogP contribution is -2.36. The molecule has 24 heavy (non-hydrogen) atoms. The highest BCUT2D eigenvalue weighted by atomic mass is 32.1. The van der Waals surface area contributed by atoms with Crippen molar-refractivity contribution in [2.75, 3.05) is 52.7 Å². The molecule has 4 rings (SSSR count). The van der Waals surface area contributed by atoms with Gasteiger partial charge in [0.05, 0.1) is 19.8 Å². The third kappa shape index (κ3) is 3.70. The van der Waals surface area contributed by atoms with Gasteiger partial charge in [-0.3, -0.25) is 4.90 Å². The van der Waals surface area contributed by atoms with Crippen LogP contribution in [0.15, 0.2) is 12.1 Å². The van der Waals surface area contributed by atoms with E-state index in [4.69, 9.17) is 14.2 Å². The first-order valence-electron chi connectivity index (χ1n) is 9.24. The van der Waals surface area contributed by atoms with Gasteiger partial charge in [-0.05, 0) is 37.8 Å². The summed E-state index contributed by atoms with van der Waals surface area (Å²) in [5, 5.41) is 0. The molecule has 0 spiro atoms. The van der Waals surface area contributed by atoms with Crippen LogP contribution in [0.4, 0.5) is 0 Å². The zero-order valence-electron chi connectivity index (χ0n) is 14.7. The summed E-state index contributed by atoms with van der Waals surface area (Å²) < 4.78 is 17.5. The van der Waals surface area contributed by atoms with Crippen molar-refractivity contribution in [3.05, 3.63) is 21.9 Å². The summed E-state index contributed by atoms with van der Waals surface area (Å²) in [4.78, 5) is 5.49. The van der Waals surface area contributed by atoms with E-state index in [0.717, 1.165) is 72.1 Å². The van der Waals surface area contributed by atoms with Gasteiger partial charge < -0.3 is 14.2 Å². The van der Waals surface area contributed by atoms with Crippen LogP contribution in [0, 0.1) is 24.2 Å². The largest absolute Gasteiger partial charge is 0.381 e. The van der Waals surface area contributed by atoms with E-state index in [1.807, 2.05) is 11.3 Å². The van der Waals surface area contributed by atoms with Gasteiger partial charge in [0.25, 0.3) is 0 Å². The fourth-order valence-electron chi connectivity index (χ4n) is 4.40. The van der Waals surface area contributed by atoms with E-state index in [9.17, 15) is 0 Å². The quantitative estimate of drug-likeness (QED) is 0.788. The molecule has 134 valence electrons. The molecule has 0 N–H and O–H groups in total. The summed E-state index contributed by atoms with van der Waals surface area (Å²) in [6.45, 7) is 10.9. The summed E-state index contributed by atoms with van der Waals surface area (Å²) in [6.07, 6.45) is 2.30. The van der Waals surface area contributed by atoms with Crippen LogP contribution in [-0.2, 0) is 20.8 Å². The summed E-state index contributed by atoms with van der Waals surface area (Å²) in [5.74, 6) is 1.32. The van der Waals surface area contributed by atoms with Crippen molar-refractivity contribution in [2.45, 2.75) is 26.3 Å². The van der Waals surface area contributed by atoms with E-state index in [-0.39, 0.29) is 5.41 Å². The number of likely N-dealkylation sites (tertiary alicyclic amines) is 1. The third-order valence-electron chi connectivity index (χ3n) is 5.85. The molecule has 0 amide bonds. The molecule has 3 saturated heterocycles. The average Bonchev–Trinajstić information content (AvgIpc) is 3.23. The van der Waals surface area contributed by atoms with Crippen LogP contribution >= 0.6 is 11.3 Å². The summed E-state index contributed by atoms with van der Waals surface area (Å²) in [7, 11) is 0. The van der Waals surface area contributed by atoms with Crippen LogP contribution in [0.5, 0.6) is 0 Å². The Labute approximate surface area is 149 Å². The number of rotatable bonds is 6. The number of hydrogen-bond donors (Lipinski definition) is 0. The number of nitrogens with zero attached hydrogens (tertiary/aromatic N) is 1. The van der Waals surface area contributed by atoms with E-state index in [2.05, 4.69) is 24.0 Å². The molecular formula is C19H29NO3S. The smallest absolute Gasteiger partial charge is 0.0561 e. The minimum absolute atomic E-state index is 0.220. The number of ether oxygens (including phenoxy) is 3. The van der Waals surface area contributed by atoms with Gasteiger partial charge in [-0.2, -0.15) is 0 Å². The van der Waals surface area contributed by atoms with Gasteiger partial charge in [-0.1, -0.05) is 0 Å². The maximum atomic E-state index is 6.20. The van der Waals surface area contributed by atoms with E-state index >= 15 is 0 Å². The SMILES string of the molecule is Cc1ccc(CN2C[C@@H]3COC[C@]3(COCC3CCOCC3)C2)s1. The lowest BCUT2D eigenvalue weighted by Gasteiger charge is -2.29. The van der Waals surface area contributed by atoms with E-state index in [1.54, 1.807) is 0 Å². The van der Waals surface area contributed by atoms with Gasteiger partial charge in [-0.25, -0.2) is 0 Å². The highest BCUT2D eigenvalue weighted by Crippen LogP contribution is 2.42. The minimum atomic E-state index is 0.220. The number of thiophene rings is 1. The Morgan fingerprint density at radius 3 is 2.96 bits per heavy atom. The first kappa shape index (κ1) is 17.0. The van der Waals surface area contributed by atoms with Gasteiger partial charge in [-0.15, -0.1) is 11.3 Å². The van der Waals surface area contributed by atoms with E-state index in [0.29, 0.717) is 11.8 Å². The monoisotopic (exact) mass is 351 g/mol. The van der Waals surface area contributed by atoms with E-state index < -0.39 is 0 Å². The van der Waals surface area contributed by atoms with Gasteiger partial charge in [0, 0.05) is 60.5 Å². The molecule has 1 aromatic heterocycles. The second kappa shape index (κ2) is 7.42. The second-order valence-electron chi connectivity index (χ2n) is 7.83. The zero-order chi connectivity index (χ0) is 16.4. The Balaban J connectivity index is 1.30. The summed E-state index contributed by atoms with van der Waals surface area (Å²) >= 11 is 1.92. The van der Waals surface area contributed by atoms with Crippen LogP contribution < -0.4 is 0 Å². The van der Waals surface area contributed by atoms with E-state index in [1.165, 1.54) is 9.75 Å². The normalized spacial score (nSPS) is 31.6. The second-order valence-corrected chi connectivity index (χ2v) is 9.20. The first-order chi connectivity index (χ1) is 11.7. The molecule has 0 bridgehead atoms. The minimum Gasteiger partial charge on any atom is -0.381 e. The number of aryl methyl sites for hydroxylation is 1. The molecule has 4 heterocycles. The molecule has 5 heteroatoms. The van der Waals surface area contributed by atoms with Crippen LogP contribution in [-0.4, -0.2) is 57.6 Å². The highest BCUT2D eigenvalue weighted by Gasteiger charge is 2.50. The van der Waals surface area contributed by atoms with Gasteiger partial charge >= 0.3 is 0 Å². The molecule has 3 aliphatic heterocycles. The molecule has 4 nitrogen and oxygen atoms in total. The summed E-state index contributed by atoms with van der Waals surface area (Å²) in [5.41, 5.74) is 0.220. The van der Waals surface area contributed by atoms with Gasteiger partial charge in [0.2, 0.25) is 0 Å². The number of hydrogen-bond acceptors (Lipinski definition) is 5. The van der Waals surface area contributed by atoms with Crippen LogP contribution in [0.3, 0.4) is 0 Å². The van der Waals surface area contributed by atoms with Gasteiger partial charge in [0.15, 0.2) is 0 Å². The predicted octanol–water partition coefficient (Wildman–Crippen LogP) is 2.95. The average molecular weight is 352 g/mol. The lowest BCUT2D eigenvalue weighted by molar-refractivity contribution is -0.0156. The lowest BCUT2D eigenvalue weighted by atomic mass is 9.82. The van der Waals surface area contributed by atoms with Crippen molar-refractivity contribution in [3.63, 3.8) is 0 Å². The predicted molar refractivity (Wildman–Crippen MR) is 95.4 cm³/mol. The maximum Gasteiger partial charge on any atom is 0.0561 e. The van der Waals surface area contributed by atoms with Gasteiger partial charge in [0.1, 0.15) is 0 Å². The van der Waals surface area contributed by atoms with Crippen LogP contribution in [0.1, 0.15) is 22.6 Å². The molecular weight excluding hydrogens is 322 g/mol. The van der Waals surface area contributed by atoms with Crippen molar-refractivity contribution in [1.82, 2.24) is 4.90 Å². The van der Waals surface area contributed by atoms with Crippen molar-refractivity contribution >= 4 is 11.3 Å². The summed E-state index contributed by atoms with van der Waals surface area (Å²) in [6, 6.07) is 4.51. The molecule has 0 unspecified atom stereocenters. The molecule has 0 aliphatic carbocycles. The molecule has 3 aliphatic rings. The Morgan fingerprint density at radius 2 is 2.17 bits per heavy atom. The van der Waals surface area contributed by atoms with Crippen molar-refractivity contribution in [3.8, 4) is 0 Å². The fourth-order valence-corrected chi connectivity index (χ4v) is 5.33. The Morgan fingerprint density at radius 1 is 1.29 bits per heavy atom. The molecule has 2 atom stereocenters. The molecule has 0 radical (unpaired) electrons. The Bertz CT molecular complexity index is 542. The third-order valence-corrected chi connectivity index (χ3v) is 6.84. The molecule has 0 aromatic carbocycles.